The summed E-state index contributed by atoms with van der Waals surface area (Å²) >= 11 is 0. The number of benzene rings is 1. The van der Waals surface area contributed by atoms with Crippen LogP contribution in [0.4, 0.5) is 0 Å². The zero-order valence-corrected chi connectivity index (χ0v) is 12.0. The first kappa shape index (κ1) is 14.4. The fourth-order valence-corrected chi connectivity index (χ4v) is 2.13. The number of hydrogen-bond donors (Lipinski definition) is 1. The Labute approximate surface area is 118 Å². The first-order valence-corrected chi connectivity index (χ1v) is 6.62. The maximum Gasteiger partial charge on any atom is 0.122 e. The van der Waals surface area contributed by atoms with Crippen LogP contribution in [0.3, 0.4) is 0 Å². The fourth-order valence-electron chi connectivity index (χ4n) is 2.13. The van der Waals surface area contributed by atoms with Crippen molar-refractivity contribution < 1.29 is 14.6 Å². The van der Waals surface area contributed by atoms with E-state index in [0.717, 1.165) is 24.2 Å². The molecule has 1 heterocycles. The van der Waals surface area contributed by atoms with Crippen molar-refractivity contribution in [3.05, 3.63) is 41.7 Å². The quantitative estimate of drug-likeness (QED) is 0.880. The van der Waals surface area contributed by atoms with Crippen LogP contribution in [0.15, 0.2) is 30.5 Å². The van der Waals surface area contributed by atoms with Crippen LogP contribution < -0.4 is 9.47 Å². The topological polar surface area (TPSA) is 56.5 Å². The van der Waals surface area contributed by atoms with Gasteiger partial charge >= 0.3 is 0 Å². The average Bonchev–Trinajstić information content (AvgIpc) is 2.94. The Hall–Kier alpha value is -2.01. The molecule has 1 N–H and O–H groups in total. The number of nitrogens with zero attached hydrogens (tertiary/aromatic N) is 2. The lowest BCUT2D eigenvalue weighted by Crippen LogP contribution is -2.10. The van der Waals surface area contributed by atoms with Gasteiger partial charge in [0.2, 0.25) is 0 Å². The van der Waals surface area contributed by atoms with Gasteiger partial charge in [0.1, 0.15) is 17.6 Å². The third-order valence-corrected chi connectivity index (χ3v) is 3.15. The van der Waals surface area contributed by atoms with Gasteiger partial charge < -0.3 is 14.6 Å². The molecule has 0 aliphatic heterocycles. The van der Waals surface area contributed by atoms with E-state index in [1.54, 1.807) is 38.6 Å². The smallest absolute Gasteiger partial charge is 0.122 e. The maximum atomic E-state index is 10.6. The minimum absolute atomic E-state index is 0.653. The van der Waals surface area contributed by atoms with Gasteiger partial charge in [0, 0.05) is 18.8 Å². The molecule has 5 nitrogen and oxygen atoms in total. The van der Waals surface area contributed by atoms with E-state index in [-0.39, 0.29) is 0 Å². The van der Waals surface area contributed by atoms with Crippen LogP contribution in [0.1, 0.15) is 30.7 Å². The Morgan fingerprint density at radius 3 is 2.40 bits per heavy atom. The molecule has 20 heavy (non-hydrogen) atoms. The van der Waals surface area contributed by atoms with Gasteiger partial charge in [-0.05, 0) is 30.2 Å². The molecule has 0 saturated heterocycles. The number of aliphatic hydroxyl groups is 1. The van der Waals surface area contributed by atoms with Gasteiger partial charge in [0.25, 0.3) is 0 Å². The van der Waals surface area contributed by atoms with Crippen molar-refractivity contribution in [1.29, 1.82) is 0 Å². The van der Waals surface area contributed by atoms with Gasteiger partial charge in [-0.1, -0.05) is 6.92 Å². The van der Waals surface area contributed by atoms with E-state index in [2.05, 4.69) is 12.0 Å². The molecule has 0 aliphatic rings. The molecule has 1 atom stereocenters. The van der Waals surface area contributed by atoms with Crippen molar-refractivity contribution in [3.8, 4) is 11.5 Å². The van der Waals surface area contributed by atoms with E-state index >= 15 is 0 Å². The van der Waals surface area contributed by atoms with Crippen LogP contribution in [0.25, 0.3) is 0 Å². The Morgan fingerprint density at radius 2 is 1.85 bits per heavy atom. The molecule has 1 aromatic heterocycles. The highest BCUT2D eigenvalue weighted by atomic mass is 16.5. The van der Waals surface area contributed by atoms with Crippen molar-refractivity contribution in [2.24, 2.45) is 0 Å². The number of methoxy groups -OCH3 is 2. The van der Waals surface area contributed by atoms with Crippen LogP contribution in [0.5, 0.6) is 11.5 Å². The third kappa shape index (κ3) is 2.93. The van der Waals surface area contributed by atoms with Crippen LogP contribution >= 0.6 is 0 Å². The van der Waals surface area contributed by atoms with Gasteiger partial charge in [0.05, 0.1) is 19.9 Å². The lowest BCUT2D eigenvalue weighted by Gasteiger charge is -2.15. The molecule has 1 aromatic carbocycles. The van der Waals surface area contributed by atoms with Crippen molar-refractivity contribution >= 4 is 0 Å². The lowest BCUT2D eigenvalue weighted by molar-refractivity contribution is 0.206. The Bertz CT molecular complexity index is 544. The summed E-state index contributed by atoms with van der Waals surface area (Å²) in [4.78, 5) is 0. The van der Waals surface area contributed by atoms with Gasteiger partial charge in [-0.25, -0.2) is 0 Å². The Balaban J connectivity index is 2.36. The van der Waals surface area contributed by atoms with Crippen molar-refractivity contribution in [2.75, 3.05) is 14.2 Å². The molecule has 1 unspecified atom stereocenters. The number of aliphatic hydroxyl groups excluding tert-OH is 1. The van der Waals surface area contributed by atoms with Gasteiger partial charge in [-0.3, -0.25) is 4.68 Å². The predicted molar refractivity (Wildman–Crippen MR) is 76.1 cm³/mol. The highest BCUT2D eigenvalue weighted by Crippen LogP contribution is 2.29. The second-order valence-electron chi connectivity index (χ2n) is 4.53. The van der Waals surface area contributed by atoms with E-state index in [1.807, 2.05) is 10.7 Å². The molecule has 0 saturated carbocycles. The van der Waals surface area contributed by atoms with Crippen LogP contribution in [0, 0.1) is 0 Å². The molecule has 0 spiro atoms. The lowest BCUT2D eigenvalue weighted by atomic mass is 10.1. The van der Waals surface area contributed by atoms with Gasteiger partial charge in [-0.2, -0.15) is 5.10 Å². The fraction of sp³-hybridized carbons (Fsp3) is 0.400. The summed E-state index contributed by atoms with van der Waals surface area (Å²) in [5, 5.41) is 14.8. The summed E-state index contributed by atoms with van der Waals surface area (Å²) in [5.74, 6) is 1.31. The van der Waals surface area contributed by atoms with E-state index in [1.165, 1.54) is 0 Å². The molecule has 0 bridgehead atoms. The largest absolute Gasteiger partial charge is 0.497 e. The predicted octanol–water partition coefficient (Wildman–Crippen LogP) is 2.39. The zero-order valence-electron chi connectivity index (χ0n) is 12.0. The number of aryl methyl sites for hydroxylation is 1. The van der Waals surface area contributed by atoms with Crippen LogP contribution in [-0.2, 0) is 6.54 Å². The molecule has 0 radical (unpaired) electrons. The molecule has 108 valence electrons. The van der Waals surface area contributed by atoms with Crippen molar-refractivity contribution in [1.82, 2.24) is 9.78 Å². The summed E-state index contributed by atoms with van der Waals surface area (Å²) in [7, 11) is 3.18. The molecule has 5 heteroatoms. The molecule has 0 fully saturated rings. The highest BCUT2D eigenvalue weighted by Gasteiger charge is 2.17. The van der Waals surface area contributed by atoms with Crippen LogP contribution in [-0.4, -0.2) is 29.1 Å². The monoisotopic (exact) mass is 276 g/mol. The Kier molecular flexibility index (Phi) is 4.63. The third-order valence-electron chi connectivity index (χ3n) is 3.15. The summed E-state index contributed by atoms with van der Waals surface area (Å²) in [6, 6.07) is 7.21. The van der Waals surface area contributed by atoms with Crippen molar-refractivity contribution in [2.45, 2.75) is 26.0 Å². The average molecular weight is 276 g/mol. The first-order chi connectivity index (χ1) is 9.69. The summed E-state index contributed by atoms with van der Waals surface area (Å²) in [6.07, 6.45) is 1.90. The second kappa shape index (κ2) is 6.43. The molecule has 0 aliphatic carbocycles. The highest BCUT2D eigenvalue weighted by molar-refractivity contribution is 5.41. The van der Waals surface area contributed by atoms with Gasteiger partial charge in [-0.15, -0.1) is 0 Å². The Morgan fingerprint density at radius 1 is 1.20 bits per heavy atom. The second-order valence-corrected chi connectivity index (χ2v) is 4.53. The minimum atomic E-state index is -0.756. The van der Waals surface area contributed by atoms with E-state index in [9.17, 15) is 5.11 Å². The van der Waals surface area contributed by atoms with Crippen LogP contribution in [0.2, 0.25) is 0 Å². The summed E-state index contributed by atoms with van der Waals surface area (Å²) in [5.41, 5.74) is 1.49. The molecular formula is C15H20N2O3. The normalized spacial score (nSPS) is 12.2. The summed E-state index contributed by atoms with van der Waals surface area (Å²) in [6.45, 7) is 2.85. The minimum Gasteiger partial charge on any atom is -0.497 e. The zero-order chi connectivity index (χ0) is 14.5. The molecule has 2 rings (SSSR count). The number of ether oxygens (including phenoxy) is 2. The molecule has 2 aromatic rings. The summed E-state index contributed by atoms with van der Waals surface area (Å²) < 4.78 is 12.3. The van der Waals surface area contributed by atoms with E-state index in [0.29, 0.717) is 11.5 Å². The standard InChI is InChI=1S/C15H20N2O3/c1-4-7-17-14(5-6-16-17)15(18)11-8-12(19-2)10-13(9-11)20-3/h5-6,8-10,15,18H,4,7H2,1-3H3. The number of rotatable bonds is 6. The number of aromatic nitrogens is 2. The first-order valence-electron chi connectivity index (χ1n) is 6.62. The van der Waals surface area contributed by atoms with E-state index < -0.39 is 6.10 Å². The van der Waals surface area contributed by atoms with Crippen molar-refractivity contribution in [3.63, 3.8) is 0 Å². The number of hydrogen-bond acceptors (Lipinski definition) is 4. The SMILES string of the molecule is CCCn1nccc1C(O)c1cc(OC)cc(OC)c1. The maximum absolute atomic E-state index is 10.6. The van der Waals surface area contributed by atoms with Gasteiger partial charge in [0.15, 0.2) is 0 Å². The van der Waals surface area contributed by atoms with E-state index in [4.69, 9.17) is 9.47 Å². The molecule has 0 amide bonds. The molecular weight excluding hydrogens is 256 g/mol.